The fourth-order valence-corrected chi connectivity index (χ4v) is 2.60. The van der Waals surface area contributed by atoms with E-state index in [1.165, 1.54) is 42.1 Å². The molecule has 7 heteroatoms. The number of hydrogen-bond donors (Lipinski definition) is 1. The first-order chi connectivity index (χ1) is 10.6. The number of rotatable bonds is 6. The van der Waals surface area contributed by atoms with E-state index in [0.717, 1.165) is 4.90 Å². The van der Waals surface area contributed by atoms with Gasteiger partial charge in [-0.25, -0.2) is 4.39 Å². The van der Waals surface area contributed by atoms with Crippen LogP contribution in [0, 0.1) is 15.9 Å². The van der Waals surface area contributed by atoms with Crippen molar-refractivity contribution in [2.75, 3.05) is 11.1 Å². The Morgan fingerprint density at radius 3 is 2.55 bits per heavy atom. The summed E-state index contributed by atoms with van der Waals surface area (Å²) in [6.07, 6.45) is 0.202. The lowest BCUT2D eigenvalue weighted by Crippen LogP contribution is -2.13. The quantitative estimate of drug-likeness (QED) is 0.498. The zero-order valence-electron chi connectivity index (χ0n) is 11.5. The fourth-order valence-electron chi connectivity index (χ4n) is 1.74. The molecular formula is C15H13FN2O3S. The summed E-state index contributed by atoms with van der Waals surface area (Å²) in [5.41, 5.74) is 0.0475. The summed E-state index contributed by atoms with van der Waals surface area (Å²) in [7, 11) is 0. The number of amides is 1. The first kappa shape index (κ1) is 16.0. The number of thioether (sulfide) groups is 1. The van der Waals surface area contributed by atoms with Crippen molar-refractivity contribution < 1.29 is 14.1 Å². The smallest absolute Gasteiger partial charge is 0.292 e. The Morgan fingerprint density at radius 2 is 1.86 bits per heavy atom. The highest BCUT2D eigenvalue weighted by Crippen LogP contribution is 2.24. The number of nitrogens with zero attached hydrogens (tertiary/aromatic N) is 1. The van der Waals surface area contributed by atoms with Crippen molar-refractivity contribution in [3.63, 3.8) is 0 Å². The predicted octanol–water partition coefficient (Wildman–Crippen LogP) is 3.85. The molecule has 0 fully saturated rings. The van der Waals surface area contributed by atoms with Gasteiger partial charge in [0.15, 0.2) is 0 Å². The van der Waals surface area contributed by atoms with Gasteiger partial charge >= 0.3 is 0 Å². The van der Waals surface area contributed by atoms with E-state index in [0.29, 0.717) is 5.75 Å². The highest BCUT2D eigenvalue weighted by Gasteiger charge is 2.14. The number of para-hydroxylation sites is 2. The molecule has 0 saturated heterocycles. The minimum Gasteiger partial charge on any atom is -0.320 e. The van der Waals surface area contributed by atoms with Crippen LogP contribution in [0.15, 0.2) is 53.4 Å². The van der Waals surface area contributed by atoms with Gasteiger partial charge in [0.25, 0.3) is 5.69 Å². The molecule has 0 aliphatic carbocycles. The maximum atomic E-state index is 12.8. The average Bonchev–Trinajstić information content (AvgIpc) is 2.49. The van der Waals surface area contributed by atoms with Crippen molar-refractivity contribution in [2.45, 2.75) is 11.3 Å². The van der Waals surface area contributed by atoms with E-state index in [2.05, 4.69) is 5.32 Å². The molecular weight excluding hydrogens is 307 g/mol. The van der Waals surface area contributed by atoms with Crippen LogP contribution in [0.5, 0.6) is 0 Å². The summed E-state index contributed by atoms with van der Waals surface area (Å²) in [5, 5.41) is 13.4. The topological polar surface area (TPSA) is 72.2 Å². The molecule has 0 spiro atoms. The number of carbonyl (C=O) groups excluding carboxylic acids is 1. The van der Waals surface area contributed by atoms with Gasteiger partial charge in [-0.05, 0) is 30.3 Å². The van der Waals surface area contributed by atoms with Crippen LogP contribution in [0.4, 0.5) is 15.8 Å². The van der Waals surface area contributed by atoms with Crippen molar-refractivity contribution in [1.82, 2.24) is 0 Å². The first-order valence-electron chi connectivity index (χ1n) is 6.48. The van der Waals surface area contributed by atoms with Crippen LogP contribution in [0.2, 0.25) is 0 Å². The third-order valence-electron chi connectivity index (χ3n) is 2.79. The molecule has 0 aromatic heterocycles. The molecule has 0 heterocycles. The predicted molar refractivity (Wildman–Crippen MR) is 83.5 cm³/mol. The Hall–Kier alpha value is -2.41. The summed E-state index contributed by atoms with van der Waals surface area (Å²) in [6, 6.07) is 12.0. The monoisotopic (exact) mass is 320 g/mol. The number of nitro groups is 1. The lowest BCUT2D eigenvalue weighted by molar-refractivity contribution is -0.383. The molecule has 114 valence electrons. The molecule has 0 bridgehead atoms. The maximum absolute atomic E-state index is 12.8. The van der Waals surface area contributed by atoms with E-state index < -0.39 is 4.92 Å². The number of halogens is 1. The van der Waals surface area contributed by atoms with Crippen LogP contribution in [0.3, 0.4) is 0 Å². The summed E-state index contributed by atoms with van der Waals surface area (Å²) in [6.45, 7) is 0. The molecule has 2 aromatic carbocycles. The van der Waals surface area contributed by atoms with Gasteiger partial charge < -0.3 is 5.32 Å². The Labute approximate surface area is 130 Å². The maximum Gasteiger partial charge on any atom is 0.292 e. The van der Waals surface area contributed by atoms with Crippen molar-refractivity contribution in [2.24, 2.45) is 0 Å². The molecule has 0 saturated carbocycles. The van der Waals surface area contributed by atoms with Gasteiger partial charge in [0.1, 0.15) is 11.5 Å². The SMILES string of the molecule is O=C(CCSc1ccc(F)cc1)Nc1ccccc1[N+](=O)[O-]. The molecule has 1 amide bonds. The van der Waals surface area contributed by atoms with Gasteiger partial charge in [0.2, 0.25) is 5.91 Å². The second-order valence-corrected chi connectivity index (χ2v) is 5.54. The summed E-state index contributed by atoms with van der Waals surface area (Å²) in [4.78, 5) is 23.0. The lowest BCUT2D eigenvalue weighted by Gasteiger charge is -2.06. The van der Waals surface area contributed by atoms with E-state index in [1.54, 1.807) is 18.2 Å². The van der Waals surface area contributed by atoms with Crippen LogP contribution in [-0.2, 0) is 4.79 Å². The van der Waals surface area contributed by atoms with Crippen LogP contribution in [-0.4, -0.2) is 16.6 Å². The fraction of sp³-hybridized carbons (Fsp3) is 0.133. The molecule has 2 rings (SSSR count). The van der Waals surface area contributed by atoms with Gasteiger partial charge in [-0.3, -0.25) is 14.9 Å². The summed E-state index contributed by atoms with van der Waals surface area (Å²) in [5.74, 6) is -0.111. The van der Waals surface area contributed by atoms with E-state index in [9.17, 15) is 19.3 Å². The highest BCUT2D eigenvalue weighted by molar-refractivity contribution is 7.99. The molecule has 5 nitrogen and oxygen atoms in total. The molecule has 0 unspecified atom stereocenters. The van der Waals surface area contributed by atoms with Crippen LogP contribution in [0.1, 0.15) is 6.42 Å². The molecule has 0 aliphatic heterocycles. The largest absolute Gasteiger partial charge is 0.320 e. The van der Waals surface area contributed by atoms with Gasteiger partial charge in [-0.1, -0.05) is 12.1 Å². The molecule has 2 aromatic rings. The van der Waals surface area contributed by atoms with Gasteiger partial charge in [0, 0.05) is 23.1 Å². The average molecular weight is 320 g/mol. The van der Waals surface area contributed by atoms with Gasteiger partial charge in [-0.15, -0.1) is 11.8 Å². The molecule has 0 aliphatic rings. The number of anilines is 1. The minimum absolute atomic E-state index is 0.137. The Morgan fingerprint density at radius 1 is 1.18 bits per heavy atom. The van der Waals surface area contributed by atoms with Crippen molar-refractivity contribution >= 4 is 29.0 Å². The zero-order chi connectivity index (χ0) is 15.9. The Bertz CT molecular complexity index is 677. The van der Waals surface area contributed by atoms with Crippen molar-refractivity contribution in [3.05, 3.63) is 64.5 Å². The van der Waals surface area contributed by atoms with Crippen LogP contribution >= 0.6 is 11.8 Å². The van der Waals surface area contributed by atoms with E-state index in [1.807, 2.05) is 0 Å². The van der Waals surface area contributed by atoms with Gasteiger partial charge in [-0.2, -0.15) is 0 Å². The number of benzene rings is 2. The Kier molecular flexibility index (Phi) is 5.48. The molecule has 0 atom stereocenters. The second kappa shape index (κ2) is 7.56. The first-order valence-corrected chi connectivity index (χ1v) is 7.46. The van der Waals surface area contributed by atoms with E-state index in [4.69, 9.17) is 0 Å². The molecule has 0 radical (unpaired) electrons. The number of nitro benzene ring substituents is 1. The lowest BCUT2D eigenvalue weighted by atomic mass is 10.2. The normalized spacial score (nSPS) is 10.2. The molecule has 22 heavy (non-hydrogen) atoms. The van der Waals surface area contributed by atoms with E-state index in [-0.39, 0.29) is 29.5 Å². The highest BCUT2D eigenvalue weighted by atomic mass is 32.2. The van der Waals surface area contributed by atoms with Crippen molar-refractivity contribution in [1.29, 1.82) is 0 Å². The molecule has 1 N–H and O–H groups in total. The number of carbonyl (C=O) groups is 1. The van der Waals surface area contributed by atoms with Crippen LogP contribution in [0.25, 0.3) is 0 Å². The Balaban J connectivity index is 1.86. The van der Waals surface area contributed by atoms with Gasteiger partial charge in [0.05, 0.1) is 4.92 Å². The summed E-state index contributed by atoms with van der Waals surface area (Å²) >= 11 is 1.42. The zero-order valence-corrected chi connectivity index (χ0v) is 12.3. The summed E-state index contributed by atoms with van der Waals surface area (Å²) < 4.78 is 12.8. The number of nitrogens with one attached hydrogen (secondary N) is 1. The van der Waals surface area contributed by atoms with Crippen LogP contribution < -0.4 is 5.32 Å². The second-order valence-electron chi connectivity index (χ2n) is 4.37. The standard InChI is InChI=1S/C15H13FN2O3S/c16-11-5-7-12(8-6-11)22-10-9-15(19)17-13-3-1-2-4-14(13)18(20)21/h1-8H,9-10H2,(H,17,19). The van der Waals surface area contributed by atoms with E-state index >= 15 is 0 Å². The number of hydrogen-bond acceptors (Lipinski definition) is 4. The minimum atomic E-state index is -0.539. The third-order valence-corrected chi connectivity index (χ3v) is 3.80. The van der Waals surface area contributed by atoms with Crippen molar-refractivity contribution in [3.8, 4) is 0 Å². The third kappa shape index (κ3) is 4.56.